The van der Waals surface area contributed by atoms with Crippen LogP contribution in [0, 0.1) is 22.0 Å². The van der Waals surface area contributed by atoms with E-state index in [-0.39, 0.29) is 48.1 Å². The second-order valence-electron chi connectivity index (χ2n) is 9.03. The Balaban J connectivity index is 1.22. The number of likely N-dealkylation sites (tertiary alicyclic amines) is 1. The summed E-state index contributed by atoms with van der Waals surface area (Å²) in [5.74, 6) is -2.43. The molecule has 7 rings (SSSR count). The van der Waals surface area contributed by atoms with E-state index in [1.165, 1.54) is 29.2 Å². The molecule has 35 heavy (non-hydrogen) atoms. The Morgan fingerprint density at radius 3 is 1.69 bits per heavy atom. The van der Waals surface area contributed by atoms with Crippen molar-refractivity contribution >= 4 is 23.5 Å². The van der Waals surface area contributed by atoms with Crippen LogP contribution in [0.3, 0.4) is 0 Å². The number of nitro groups is 1. The fourth-order valence-corrected chi connectivity index (χ4v) is 5.99. The lowest BCUT2D eigenvalue weighted by molar-refractivity contribution is -0.384. The molecule has 2 bridgehead atoms. The highest BCUT2D eigenvalue weighted by Crippen LogP contribution is 2.60. The summed E-state index contributed by atoms with van der Waals surface area (Å²) in [6, 6.07) is 21.1. The van der Waals surface area contributed by atoms with Crippen molar-refractivity contribution in [2.45, 2.75) is 11.8 Å². The maximum absolute atomic E-state index is 13.5. The molecule has 1 aliphatic heterocycles. The number of carbonyl (C=O) groups is 3. The van der Waals surface area contributed by atoms with Crippen LogP contribution < -0.4 is 0 Å². The van der Waals surface area contributed by atoms with E-state index in [0.717, 1.165) is 22.3 Å². The van der Waals surface area contributed by atoms with Gasteiger partial charge in [-0.15, -0.1) is 0 Å². The summed E-state index contributed by atoms with van der Waals surface area (Å²) < 4.78 is 5.28. The van der Waals surface area contributed by atoms with Crippen LogP contribution in [-0.2, 0) is 14.3 Å². The van der Waals surface area contributed by atoms with Gasteiger partial charge in [0.2, 0.25) is 11.8 Å². The molecule has 3 aliphatic carbocycles. The number of nitro benzene ring substituents is 1. The number of hydrogen-bond acceptors (Lipinski definition) is 6. The Bertz CT molecular complexity index is 1280. The van der Waals surface area contributed by atoms with Crippen molar-refractivity contribution < 1.29 is 24.0 Å². The average Bonchev–Trinajstić information content (AvgIpc) is 3.14. The minimum Gasteiger partial charge on any atom is -0.460 e. The molecule has 0 spiro atoms. The van der Waals surface area contributed by atoms with E-state index < -0.39 is 22.7 Å². The van der Waals surface area contributed by atoms with Gasteiger partial charge in [0.1, 0.15) is 6.61 Å². The Morgan fingerprint density at radius 1 is 0.800 bits per heavy atom. The van der Waals surface area contributed by atoms with Gasteiger partial charge in [-0.25, -0.2) is 4.79 Å². The highest BCUT2D eigenvalue weighted by atomic mass is 16.6. The molecule has 0 N–H and O–H groups in total. The van der Waals surface area contributed by atoms with Crippen LogP contribution in [0.15, 0.2) is 72.8 Å². The van der Waals surface area contributed by atoms with Gasteiger partial charge in [0.25, 0.3) is 5.69 Å². The average molecular weight is 468 g/mol. The van der Waals surface area contributed by atoms with Crippen LogP contribution in [0.1, 0.15) is 44.4 Å². The second-order valence-corrected chi connectivity index (χ2v) is 9.03. The van der Waals surface area contributed by atoms with E-state index in [2.05, 4.69) is 0 Å². The zero-order valence-electron chi connectivity index (χ0n) is 18.5. The minimum absolute atomic E-state index is 0.0322. The number of esters is 1. The molecule has 2 atom stereocenters. The van der Waals surface area contributed by atoms with Gasteiger partial charge in [-0.2, -0.15) is 0 Å². The fourth-order valence-electron chi connectivity index (χ4n) is 5.99. The number of ether oxygens (including phenoxy) is 1. The molecular formula is C27H20N2O6. The smallest absolute Gasteiger partial charge is 0.338 e. The molecule has 1 fully saturated rings. The maximum atomic E-state index is 13.5. The third-order valence-corrected chi connectivity index (χ3v) is 7.40. The molecule has 0 radical (unpaired) electrons. The molecule has 3 aromatic rings. The molecule has 1 saturated heterocycles. The third kappa shape index (κ3) is 3.10. The molecule has 4 aliphatic rings. The number of nitrogens with zero attached hydrogens (tertiary/aromatic N) is 2. The number of carbonyl (C=O) groups excluding carboxylic acids is 3. The van der Waals surface area contributed by atoms with Gasteiger partial charge in [0.15, 0.2) is 0 Å². The molecule has 1 heterocycles. The minimum atomic E-state index is -0.670. The topological polar surface area (TPSA) is 107 Å². The van der Waals surface area contributed by atoms with Crippen LogP contribution in [0.4, 0.5) is 5.69 Å². The summed E-state index contributed by atoms with van der Waals surface area (Å²) >= 11 is 0. The zero-order chi connectivity index (χ0) is 24.3. The van der Waals surface area contributed by atoms with Crippen molar-refractivity contribution in [3.05, 3.63) is 111 Å². The van der Waals surface area contributed by atoms with E-state index in [9.17, 15) is 24.5 Å². The van der Waals surface area contributed by atoms with Crippen molar-refractivity contribution in [2.75, 3.05) is 13.2 Å². The SMILES string of the molecule is O=C(OCCN1C(=O)C2C3c4ccccc4C(c4ccccc43)C2C1=O)c1ccc([N+](=O)[O-])cc1. The second kappa shape index (κ2) is 7.87. The fraction of sp³-hybridized carbons (Fsp3) is 0.222. The Labute approximate surface area is 200 Å². The summed E-state index contributed by atoms with van der Waals surface area (Å²) in [5, 5.41) is 10.8. The molecule has 8 nitrogen and oxygen atoms in total. The number of rotatable bonds is 5. The summed E-state index contributed by atoms with van der Waals surface area (Å²) in [5.41, 5.74) is 4.44. The Kier molecular flexibility index (Phi) is 4.77. The first-order chi connectivity index (χ1) is 17.0. The Hall–Kier alpha value is -4.33. The van der Waals surface area contributed by atoms with Crippen molar-refractivity contribution in [1.82, 2.24) is 4.90 Å². The van der Waals surface area contributed by atoms with Gasteiger partial charge in [-0.1, -0.05) is 48.5 Å². The van der Waals surface area contributed by atoms with Gasteiger partial charge in [-0.3, -0.25) is 24.6 Å². The van der Waals surface area contributed by atoms with Crippen molar-refractivity contribution in [1.29, 1.82) is 0 Å². The van der Waals surface area contributed by atoms with E-state index in [1.54, 1.807) is 0 Å². The lowest BCUT2D eigenvalue weighted by Crippen LogP contribution is -2.41. The highest BCUT2D eigenvalue weighted by molar-refractivity contribution is 6.07. The van der Waals surface area contributed by atoms with Gasteiger partial charge in [-0.05, 0) is 34.4 Å². The molecule has 3 aromatic carbocycles. The van der Waals surface area contributed by atoms with Crippen LogP contribution in [-0.4, -0.2) is 40.8 Å². The lowest BCUT2D eigenvalue weighted by Gasteiger charge is -2.45. The summed E-state index contributed by atoms with van der Waals surface area (Å²) in [6.07, 6.45) is 0. The van der Waals surface area contributed by atoms with E-state index in [4.69, 9.17) is 4.74 Å². The van der Waals surface area contributed by atoms with Gasteiger partial charge >= 0.3 is 5.97 Å². The van der Waals surface area contributed by atoms with Gasteiger partial charge in [0, 0.05) is 24.0 Å². The molecule has 2 unspecified atom stereocenters. The lowest BCUT2D eigenvalue weighted by atomic mass is 9.55. The summed E-state index contributed by atoms with van der Waals surface area (Å²) in [6.45, 7) is -0.183. The predicted molar refractivity (Wildman–Crippen MR) is 124 cm³/mol. The third-order valence-electron chi connectivity index (χ3n) is 7.40. The first kappa shape index (κ1) is 21.2. The zero-order valence-corrected chi connectivity index (χ0v) is 18.5. The van der Waals surface area contributed by atoms with Crippen LogP contribution in [0.25, 0.3) is 0 Å². The van der Waals surface area contributed by atoms with E-state index >= 15 is 0 Å². The molecule has 0 saturated carbocycles. The van der Waals surface area contributed by atoms with Gasteiger partial charge < -0.3 is 4.74 Å². The quantitative estimate of drug-likeness (QED) is 0.245. The normalized spacial score (nSPS) is 23.5. The number of hydrogen-bond donors (Lipinski definition) is 0. The molecule has 8 heteroatoms. The molecular weight excluding hydrogens is 448 g/mol. The summed E-state index contributed by atoms with van der Waals surface area (Å²) in [4.78, 5) is 50.8. The maximum Gasteiger partial charge on any atom is 0.338 e. The van der Waals surface area contributed by atoms with Crippen LogP contribution in [0.2, 0.25) is 0 Å². The number of amides is 2. The van der Waals surface area contributed by atoms with Crippen LogP contribution in [0.5, 0.6) is 0 Å². The predicted octanol–water partition coefficient (Wildman–Crippen LogP) is 3.64. The number of imide groups is 1. The first-order valence-corrected chi connectivity index (χ1v) is 11.4. The highest BCUT2D eigenvalue weighted by Gasteiger charge is 2.61. The van der Waals surface area contributed by atoms with E-state index in [0.29, 0.717) is 0 Å². The molecule has 174 valence electrons. The summed E-state index contributed by atoms with van der Waals surface area (Å²) in [7, 11) is 0. The van der Waals surface area contributed by atoms with Crippen molar-refractivity contribution in [3.8, 4) is 0 Å². The Morgan fingerprint density at radius 2 is 1.26 bits per heavy atom. The molecule has 2 amide bonds. The van der Waals surface area contributed by atoms with Gasteiger partial charge in [0.05, 0.1) is 28.9 Å². The number of benzene rings is 3. The molecule has 0 aromatic heterocycles. The largest absolute Gasteiger partial charge is 0.460 e. The van der Waals surface area contributed by atoms with Crippen molar-refractivity contribution in [2.24, 2.45) is 11.8 Å². The van der Waals surface area contributed by atoms with Crippen LogP contribution >= 0.6 is 0 Å². The standard InChI is InChI=1S/C27H20N2O6/c30-25-23-21-17-5-1-2-6-18(17)22(20-8-4-3-7-19(20)21)24(23)26(31)28(25)13-14-35-27(32)15-9-11-16(12-10-15)29(33)34/h1-12,21-24H,13-14H2. The number of non-ortho nitro benzene ring substituents is 1. The monoisotopic (exact) mass is 468 g/mol. The van der Waals surface area contributed by atoms with E-state index in [1.807, 2.05) is 48.5 Å². The van der Waals surface area contributed by atoms with Crippen molar-refractivity contribution in [3.63, 3.8) is 0 Å². The first-order valence-electron chi connectivity index (χ1n) is 11.4.